The van der Waals surface area contributed by atoms with Crippen LogP contribution in [-0.2, 0) is 11.2 Å². The van der Waals surface area contributed by atoms with E-state index in [1.54, 1.807) is 41.3 Å². The molecule has 0 unspecified atom stereocenters. The Bertz CT molecular complexity index is 803. The standard InChI is InChI=1S/C21H23N3O2/c1-3-24(4-2)21(26)18-6-5-7-19(14-18)23-20(25)13-12-16-8-10-17(15-22)11-9-16/h5-11,14H,3-4,12-13H2,1-2H3,(H,23,25). The van der Waals surface area contributed by atoms with Crippen LogP contribution in [0.2, 0.25) is 0 Å². The normalized spacial score (nSPS) is 10.0. The van der Waals surface area contributed by atoms with Crippen molar-refractivity contribution in [2.75, 3.05) is 18.4 Å². The van der Waals surface area contributed by atoms with Gasteiger partial charge in [0.05, 0.1) is 11.6 Å². The van der Waals surface area contributed by atoms with Crippen molar-refractivity contribution in [2.45, 2.75) is 26.7 Å². The number of carbonyl (C=O) groups is 2. The third kappa shape index (κ3) is 5.18. The summed E-state index contributed by atoms with van der Waals surface area (Å²) in [7, 11) is 0. The monoisotopic (exact) mass is 349 g/mol. The zero-order valence-electron chi connectivity index (χ0n) is 15.2. The highest BCUT2D eigenvalue weighted by Gasteiger charge is 2.13. The maximum atomic E-state index is 12.4. The van der Waals surface area contributed by atoms with Gasteiger partial charge in [0, 0.05) is 30.8 Å². The summed E-state index contributed by atoms with van der Waals surface area (Å²) in [5.74, 6) is -0.148. The molecular weight excluding hydrogens is 326 g/mol. The van der Waals surface area contributed by atoms with E-state index in [9.17, 15) is 9.59 Å². The molecule has 5 heteroatoms. The van der Waals surface area contributed by atoms with Crippen LogP contribution >= 0.6 is 0 Å². The van der Waals surface area contributed by atoms with Crippen LogP contribution in [0.1, 0.15) is 41.8 Å². The number of nitrogens with zero attached hydrogens (tertiary/aromatic N) is 2. The first-order valence-electron chi connectivity index (χ1n) is 8.75. The van der Waals surface area contributed by atoms with Gasteiger partial charge in [0.1, 0.15) is 0 Å². The molecule has 0 fully saturated rings. The van der Waals surface area contributed by atoms with E-state index in [-0.39, 0.29) is 11.8 Å². The number of hydrogen-bond acceptors (Lipinski definition) is 3. The Morgan fingerprint density at radius 1 is 1.08 bits per heavy atom. The van der Waals surface area contributed by atoms with Crippen LogP contribution in [0.4, 0.5) is 5.69 Å². The Balaban J connectivity index is 1.95. The third-order valence-corrected chi connectivity index (χ3v) is 4.17. The molecule has 0 aliphatic carbocycles. The predicted octanol–water partition coefficient (Wildman–Crippen LogP) is 3.61. The lowest BCUT2D eigenvalue weighted by Gasteiger charge is -2.19. The number of nitrogens with one attached hydrogen (secondary N) is 1. The number of rotatable bonds is 7. The molecule has 0 saturated carbocycles. The fraction of sp³-hybridized carbons (Fsp3) is 0.286. The van der Waals surface area contributed by atoms with E-state index in [2.05, 4.69) is 11.4 Å². The Labute approximate surface area is 154 Å². The minimum absolute atomic E-state index is 0.0383. The van der Waals surface area contributed by atoms with Gasteiger partial charge in [-0.1, -0.05) is 18.2 Å². The minimum Gasteiger partial charge on any atom is -0.339 e. The van der Waals surface area contributed by atoms with Crippen molar-refractivity contribution in [1.29, 1.82) is 5.26 Å². The van der Waals surface area contributed by atoms with E-state index >= 15 is 0 Å². The van der Waals surface area contributed by atoms with E-state index in [0.29, 0.717) is 42.7 Å². The molecule has 5 nitrogen and oxygen atoms in total. The molecule has 0 aliphatic heterocycles. The molecule has 0 heterocycles. The molecular formula is C21H23N3O2. The number of anilines is 1. The van der Waals surface area contributed by atoms with E-state index in [4.69, 9.17) is 5.26 Å². The van der Waals surface area contributed by atoms with Crippen molar-refractivity contribution in [3.63, 3.8) is 0 Å². The summed E-state index contributed by atoms with van der Waals surface area (Å²) in [4.78, 5) is 26.3. The third-order valence-electron chi connectivity index (χ3n) is 4.17. The average Bonchev–Trinajstić information content (AvgIpc) is 2.68. The number of amides is 2. The van der Waals surface area contributed by atoms with Crippen LogP contribution in [0.15, 0.2) is 48.5 Å². The Hall–Kier alpha value is -3.13. The quantitative estimate of drug-likeness (QED) is 0.830. The van der Waals surface area contributed by atoms with E-state index < -0.39 is 0 Å². The highest BCUT2D eigenvalue weighted by molar-refractivity contribution is 5.97. The highest BCUT2D eigenvalue weighted by Crippen LogP contribution is 2.14. The average molecular weight is 349 g/mol. The number of hydrogen-bond donors (Lipinski definition) is 1. The van der Waals surface area contributed by atoms with Gasteiger partial charge in [-0.05, 0) is 56.2 Å². The number of benzene rings is 2. The van der Waals surface area contributed by atoms with Gasteiger partial charge in [0.25, 0.3) is 5.91 Å². The zero-order valence-corrected chi connectivity index (χ0v) is 15.2. The van der Waals surface area contributed by atoms with Crippen molar-refractivity contribution < 1.29 is 9.59 Å². The summed E-state index contributed by atoms with van der Waals surface area (Å²) in [5.41, 5.74) is 2.80. The van der Waals surface area contributed by atoms with Gasteiger partial charge < -0.3 is 10.2 Å². The molecule has 0 saturated heterocycles. The first-order valence-corrected chi connectivity index (χ1v) is 8.75. The van der Waals surface area contributed by atoms with Gasteiger partial charge in [-0.2, -0.15) is 5.26 Å². The first kappa shape index (κ1) is 19.2. The highest BCUT2D eigenvalue weighted by atomic mass is 16.2. The lowest BCUT2D eigenvalue weighted by molar-refractivity contribution is -0.116. The fourth-order valence-corrected chi connectivity index (χ4v) is 2.65. The van der Waals surface area contributed by atoms with Crippen LogP contribution in [0.3, 0.4) is 0 Å². The maximum Gasteiger partial charge on any atom is 0.253 e. The summed E-state index contributed by atoms with van der Waals surface area (Å²) >= 11 is 0. The molecule has 2 aromatic rings. The van der Waals surface area contributed by atoms with Crippen LogP contribution in [0.5, 0.6) is 0 Å². The lowest BCUT2D eigenvalue weighted by atomic mass is 10.1. The van der Waals surface area contributed by atoms with Crippen molar-refractivity contribution in [3.8, 4) is 6.07 Å². The van der Waals surface area contributed by atoms with Crippen LogP contribution in [0.25, 0.3) is 0 Å². The second-order valence-corrected chi connectivity index (χ2v) is 5.92. The van der Waals surface area contributed by atoms with Crippen LogP contribution in [-0.4, -0.2) is 29.8 Å². The van der Waals surface area contributed by atoms with Gasteiger partial charge in [0.15, 0.2) is 0 Å². The molecule has 0 aliphatic rings. The van der Waals surface area contributed by atoms with Gasteiger partial charge in [-0.15, -0.1) is 0 Å². The van der Waals surface area contributed by atoms with Crippen molar-refractivity contribution in [2.24, 2.45) is 0 Å². The zero-order chi connectivity index (χ0) is 18.9. The summed E-state index contributed by atoms with van der Waals surface area (Å²) in [5, 5.41) is 11.6. The predicted molar refractivity (Wildman–Crippen MR) is 102 cm³/mol. The molecule has 0 spiro atoms. The number of nitriles is 1. The molecule has 0 atom stereocenters. The molecule has 0 bridgehead atoms. The van der Waals surface area contributed by atoms with E-state index in [0.717, 1.165) is 5.56 Å². The molecule has 0 radical (unpaired) electrons. The Kier molecular flexibility index (Phi) is 6.92. The second kappa shape index (κ2) is 9.38. The maximum absolute atomic E-state index is 12.4. The molecule has 134 valence electrons. The fourth-order valence-electron chi connectivity index (χ4n) is 2.65. The molecule has 2 aromatic carbocycles. The molecule has 0 aromatic heterocycles. The van der Waals surface area contributed by atoms with Crippen molar-refractivity contribution in [1.82, 2.24) is 4.90 Å². The SMILES string of the molecule is CCN(CC)C(=O)c1cccc(NC(=O)CCc2ccc(C#N)cc2)c1. The largest absolute Gasteiger partial charge is 0.339 e. The number of carbonyl (C=O) groups excluding carboxylic acids is 2. The van der Waals surface area contributed by atoms with Gasteiger partial charge in [0.2, 0.25) is 5.91 Å². The van der Waals surface area contributed by atoms with E-state index in [1.807, 2.05) is 26.0 Å². The minimum atomic E-state index is -0.109. The van der Waals surface area contributed by atoms with Crippen LogP contribution < -0.4 is 5.32 Å². The smallest absolute Gasteiger partial charge is 0.253 e. The van der Waals surface area contributed by atoms with Gasteiger partial charge >= 0.3 is 0 Å². The van der Waals surface area contributed by atoms with Crippen molar-refractivity contribution in [3.05, 3.63) is 65.2 Å². The molecule has 2 rings (SSSR count). The first-order chi connectivity index (χ1) is 12.6. The summed E-state index contributed by atoms with van der Waals surface area (Å²) in [6, 6.07) is 16.3. The Morgan fingerprint density at radius 3 is 2.38 bits per heavy atom. The van der Waals surface area contributed by atoms with Gasteiger partial charge in [-0.3, -0.25) is 9.59 Å². The molecule has 1 N–H and O–H groups in total. The molecule has 2 amide bonds. The Morgan fingerprint density at radius 2 is 1.77 bits per heavy atom. The second-order valence-electron chi connectivity index (χ2n) is 5.92. The summed E-state index contributed by atoms with van der Waals surface area (Å²) < 4.78 is 0. The van der Waals surface area contributed by atoms with Gasteiger partial charge in [-0.25, -0.2) is 0 Å². The van der Waals surface area contributed by atoms with E-state index in [1.165, 1.54) is 0 Å². The van der Waals surface area contributed by atoms with Crippen molar-refractivity contribution >= 4 is 17.5 Å². The topological polar surface area (TPSA) is 73.2 Å². The van der Waals surface area contributed by atoms with Crippen LogP contribution in [0, 0.1) is 11.3 Å². The lowest BCUT2D eigenvalue weighted by Crippen LogP contribution is -2.30. The molecule has 26 heavy (non-hydrogen) atoms. The summed E-state index contributed by atoms with van der Waals surface area (Å²) in [6.07, 6.45) is 0.926. The summed E-state index contributed by atoms with van der Waals surface area (Å²) in [6.45, 7) is 5.18. The number of aryl methyl sites for hydroxylation is 1.